The first-order chi connectivity index (χ1) is 14.8. The van der Waals surface area contributed by atoms with Crippen molar-refractivity contribution in [2.45, 2.75) is 24.6 Å². The van der Waals surface area contributed by atoms with Gasteiger partial charge in [-0.25, -0.2) is 0 Å². The number of benzene rings is 3. The topological polar surface area (TPSA) is 72.2 Å². The first-order valence-electron chi connectivity index (χ1n) is 9.62. The van der Waals surface area contributed by atoms with E-state index in [4.69, 9.17) is 5.73 Å². The second-order valence-corrected chi connectivity index (χ2v) is 7.08. The zero-order valence-corrected chi connectivity index (χ0v) is 16.5. The predicted molar refractivity (Wildman–Crippen MR) is 111 cm³/mol. The summed E-state index contributed by atoms with van der Waals surface area (Å²) in [5.74, 6) is -2.18. The molecule has 0 aliphatic rings. The van der Waals surface area contributed by atoms with Crippen molar-refractivity contribution < 1.29 is 22.8 Å². The summed E-state index contributed by atoms with van der Waals surface area (Å²) in [5.41, 5.74) is 5.83. The molecule has 4 nitrogen and oxygen atoms in total. The highest BCUT2D eigenvalue weighted by Gasteiger charge is 2.34. The van der Waals surface area contributed by atoms with Crippen molar-refractivity contribution in [1.29, 1.82) is 0 Å². The lowest BCUT2D eigenvalue weighted by atomic mass is 9.90. The summed E-state index contributed by atoms with van der Waals surface area (Å²) in [6.45, 7) is 0. The standard InChI is InChI=1S/C24H21F3N2O2/c25-24(26,27)19-14-8-7-13-18(19)15-20(22(28)30)29-23(31)21(16-9-3-1-4-10-16)17-11-5-2-6-12-17/h1-14,20-21H,15H2,(H2,28,30)(H,29,31)/t20-/m1/s1. The summed E-state index contributed by atoms with van der Waals surface area (Å²) in [5, 5.41) is 2.56. The van der Waals surface area contributed by atoms with E-state index in [0.717, 1.165) is 6.07 Å². The largest absolute Gasteiger partial charge is 0.416 e. The zero-order chi connectivity index (χ0) is 22.4. The van der Waals surface area contributed by atoms with Crippen LogP contribution in [0.15, 0.2) is 84.9 Å². The molecule has 3 N–H and O–H groups in total. The van der Waals surface area contributed by atoms with Crippen molar-refractivity contribution in [3.05, 3.63) is 107 Å². The maximum atomic E-state index is 13.3. The maximum Gasteiger partial charge on any atom is 0.416 e. The Morgan fingerprint density at radius 2 is 1.29 bits per heavy atom. The molecule has 0 spiro atoms. The fraction of sp³-hybridized carbons (Fsp3) is 0.167. The highest BCUT2D eigenvalue weighted by atomic mass is 19.4. The molecule has 0 heterocycles. The molecule has 3 aromatic carbocycles. The van der Waals surface area contributed by atoms with Gasteiger partial charge in [0.1, 0.15) is 6.04 Å². The molecule has 0 unspecified atom stereocenters. The summed E-state index contributed by atoms with van der Waals surface area (Å²) in [7, 11) is 0. The molecule has 3 aromatic rings. The number of amides is 2. The molecule has 1 atom stereocenters. The summed E-state index contributed by atoms with van der Waals surface area (Å²) in [6, 6.07) is 21.5. The fourth-order valence-electron chi connectivity index (χ4n) is 3.46. The van der Waals surface area contributed by atoms with Crippen LogP contribution in [0.3, 0.4) is 0 Å². The van der Waals surface area contributed by atoms with Gasteiger partial charge in [0, 0.05) is 6.42 Å². The number of hydrogen-bond donors (Lipinski definition) is 2. The quantitative estimate of drug-likeness (QED) is 0.598. The van der Waals surface area contributed by atoms with Crippen molar-refractivity contribution in [3.8, 4) is 0 Å². The van der Waals surface area contributed by atoms with Crippen LogP contribution in [-0.2, 0) is 22.2 Å². The van der Waals surface area contributed by atoms with Gasteiger partial charge >= 0.3 is 6.18 Å². The molecule has 3 rings (SSSR count). The molecule has 0 radical (unpaired) electrons. The first-order valence-corrected chi connectivity index (χ1v) is 9.62. The minimum absolute atomic E-state index is 0.116. The number of hydrogen-bond acceptors (Lipinski definition) is 2. The number of halogens is 3. The van der Waals surface area contributed by atoms with Crippen molar-refractivity contribution in [2.75, 3.05) is 0 Å². The van der Waals surface area contributed by atoms with Gasteiger partial charge in [-0.05, 0) is 22.8 Å². The van der Waals surface area contributed by atoms with Crippen LogP contribution < -0.4 is 11.1 Å². The van der Waals surface area contributed by atoms with Gasteiger partial charge in [0.2, 0.25) is 11.8 Å². The van der Waals surface area contributed by atoms with Gasteiger partial charge in [-0.15, -0.1) is 0 Å². The average molecular weight is 426 g/mol. The smallest absolute Gasteiger partial charge is 0.368 e. The minimum atomic E-state index is -4.58. The Balaban J connectivity index is 1.90. The van der Waals surface area contributed by atoms with Gasteiger partial charge < -0.3 is 11.1 Å². The minimum Gasteiger partial charge on any atom is -0.368 e. The Labute approximate surface area is 177 Å². The monoisotopic (exact) mass is 426 g/mol. The van der Waals surface area contributed by atoms with Crippen molar-refractivity contribution in [3.63, 3.8) is 0 Å². The number of carbonyl (C=O) groups is 2. The molecular formula is C24H21F3N2O2. The van der Waals surface area contributed by atoms with Crippen LogP contribution >= 0.6 is 0 Å². The molecule has 7 heteroatoms. The van der Waals surface area contributed by atoms with E-state index in [-0.39, 0.29) is 12.0 Å². The Bertz CT molecular complexity index is 998. The summed E-state index contributed by atoms with van der Waals surface area (Å²) in [4.78, 5) is 25.2. The van der Waals surface area contributed by atoms with E-state index in [1.807, 2.05) is 12.1 Å². The SMILES string of the molecule is NC(=O)[C@@H](Cc1ccccc1C(F)(F)F)NC(=O)C(c1ccccc1)c1ccccc1. The van der Waals surface area contributed by atoms with Gasteiger partial charge in [0.25, 0.3) is 0 Å². The average Bonchev–Trinajstić information content (AvgIpc) is 2.74. The molecule has 0 bridgehead atoms. The van der Waals surface area contributed by atoms with Crippen LogP contribution in [-0.4, -0.2) is 17.9 Å². The lowest BCUT2D eigenvalue weighted by molar-refractivity contribution is -0.138. The van der Waals surface area contributed by atoms with Gasteiger partial charge in [-0.1, -0.05) is 78.9 Å². The third kappa shape index (κ3) is 5.51. The Kier molecular flexibility index (Phi) is 6.74. The van der Waals surface area contributed by atoms with E-state index >= 15 is 0 Å². The van der Waals surface area contributed by atoms with Crippen molar-refractivity contribution in [2.24, 2.45) is 5.73 Å². The lowest BCUT2D eigenvalue weighted by Crippen LogP contribution is -2.47. The van der Waals surface area contributed by atoms with Crippen molar-refractivity contribution >= 4 is 11.8 Å². The van der Waals surface area contributed by atoms with E-state index in [1.165, 1.54) is 18.2 Å². The van der Waals surface area contributed by atoms with Crippen molar-refractivity contribution in [1.82, 2.24) is 5.32 Å². The summed E-state index contributed by atoms with van der Waals surface area (Å²) >= 11 is 0. The number of alkyl halides is 3. The van der Waals surface area contributed by atoms with Crippen LogP contribution in [0.25, 0.3) is 0 Å². The number of nitrogens with two attached hydrogens (primary N) is 1. The van der Waals surface area contributed by atoms with E-state index in [0.29, 0.717) is 11.1 Å². The zero-order valence-electron chi connectivity index (χ0n) is 16.5. The third-order valence-electron chi connectivity index (χ3n) is 4.93. The van der Waals surface area contributed by atoms with Crippen LogP contribution in [0, 0.1) is 0 Å². The van der Waals surface area contributed by atoms with Crippen LogP contribution in [0.5, 0.6) is 0 Å². The molecule has 31 heavy (non-hydrogen) atoms. The molecule has 0 aliphatic heterocycles. The van der Waals surface area contributed by atoms with Gasteiger partial charge in [0.05, 0.1) is 11.5 Å². The van der Waals surface area contributed by atoms with Crippen LogP contribution in [0.4, 0.5) is 13.2 Å². The van der Waals surface area contributed by atoms with Crippen LogP contribution in [0.1, 0.15) is 28.2 Å². The van der Waals surface area contributed by atoms with E-state index < -0.39 is 35.5 Å². The highest BCUT2D eigenvalue weighted by Crippen LogP contribution is 2.32. The number of primary amides is 1. The second-order valence-electron chi connectivity index (χ2n) is 7.08. The molecular weight excluding hydrogens is 405 g/mol. The summed E-state index contributed by atoms with van der Waals surface area (Å²) in [6.07, 6.45) is -4.95. The third-order valence-corrected chi connectivity index (χ3v) is 4.93. The van der Waals surface area contributed by atoms with Gasteiger partial charge in [-0.2, -0.15) is 13.2 Å². The maximum absolute atomic E-state index is 13.3. The number of carbonyl (C=O) groups excluding carboxylic acids is 2. The highest BCUT2D eigenvalue weighted by molar-refractivity contribution is 5.92. The second kappa shape index (κ2) is 9.47. The van der Waals surface area contributed by atoms with E-state index in [9.17, 15) is 22.8 Å². The molecule has 0 aromatic heterocycles. The molecule has 0 saturated carbocycles. The van der Waals surface area contributed by atoms with E-state index in [2.05, 4.69) is 5.32 Å². The predicted octanol–water partition coefficient (Wildman–Crippen LogP) is 4.05. The molecule has 0 aliphatic carbocycles. The fourth-order valence-corrected chi connectivity index (χ4v) is 3.46. The number of rotatable bonds is 7. The molecule has 0 saturated heterocycles. The van der Waals surface area contributed by atoms with Gasteiger partial charge in [0.15, 0.2) is 0 Å². The first kappa shape index (κ1) is 22.1. The Morgan fingerprint density at radius 1 is 0.806 bits per heavy atom. The summed E-state index contributed by atoms with van der Waals surface area (Å²) < 4.78 is 40.0. The number of nitrogens with one attached hydrogen (secondary N) is 1. The molecule has 0 fully saturated rings. The Hall–Kier alpha value is -3.61. The van der Waals surface area contributed by atoms with E-state index in [1.54, 1.807) is 48.5 Å². The molecule has 2 amide bonds. The Morgan fingerprint density at radius 3 is 1.77 bits per heavy atom. The van der Waals surface area contributed by atoms with Crippen LogP contribution in [0.2, 0.25) is 0 Å². The normalized spacial score (nSPS) is 12.4. The molecule has 160 valence electrons. The lowest BCUT2D eigenvalue weighted by Gasteiger charge is -2.23. The van der Waals surface area contributed by atoms with Gasteiger partial charge in [-0.3, -0.25) is 9.59 Å².